The highest BCUT2D eigenvalue weighted by Gasteiger charge is 2.00. The van der Waals surface area contributed by atoms with Crippen LogP contribution in [0.1, 0.15) is 5.56 Å². The maximum atomic E-state index is 9.09. The zero-order chi connectivity index (χ0) is 10.4. The lowest BCUT2D eigenvalue weighted by molar-refractivity contribution is 0.105. The lowest BCUT2D eigenvalue weighted by Crippen LogP contribution is -2.22. The molecule has 74 valence electrons. The summed E-state index contributed by atoms with van der Waals surface area (Å²) in [4.78, 5) is 0. The van der Waals surface area contributed by atoms with Gasteiger partial charge in [-0.25, -0.2) is 0 Å². The van der Waals surface area contributed by atoms with Crippen LogP contribution < -0.4 is 5.32 Å². The lowest BCUT2D eigenvalue weighted by Gasteiger charge is -2.10. The molecule has 3 heteroatoms. The third kappa shape index (κ3) is 3.09. The molecular formula is C11H13NO2. The van der Waals surface area contributed by atoms with Gasteiger partial charge in [-0.1, -0.05) is 12.0 Å². The van der Waals surface area contributed by atoms with Gasteiger partial charge in [-0.05, 0) is 18.2 Å². The van der Waals surface area contributed by atoms with E-state index in [1.807, 2.05) is 24.3 Å². The summed E-state index contributed by atoms with van der Waals surface area (Å²) >= 11 is 0. The van der Waals surface area contributed by atoms with Gasteiger partial charge in [-0.3, -0.25) is 0 Å². The maximum Gasteiger partial charge on any atom is 0.0942 e. The fraction of sp³-hybridized carbons (Fsp3) is 0.273. The molecule has 0 saturated carbocycles. The summed E-state index contributed by atoms with van der Waals surface area (Å²) in [6, 6.07) is 7.32. The molecule has 0 heterocycles. The van der Waals surface area contributed by atoms with Crippen LogP contribution in [0.3, 0.4) is 0 Å². The molecule has 0 aliphatic heterocycles. The van der Waals surface area contributed by atoms with Gasteiger partial charge in [0.05, 0.1) is 12.7 Å². The largest absolute Gasteiger partial charge is 0.394 e. The molecule has 3 nitrogen and oxygen atoms in total. The predicted octanol–water partition coefficient (Wildman–Crippen LogP) is 0.433. The number of hydrogen-bond donors (Lipinski definition) is 3. The van der Waals surface area contributed by atoms with E-state index in [0.29, 0.717) is 6.54 Å². The molecule has 14 heavy (non-hydrogen) atoms. The SMILES string of the molecule is C#Cc1cccc(NC[C@H](O)CO)c1. The molecule has 0 bridgehead atoms. The van der Waals surface area contributed by atoms with Gasteiger partial charge in [0.2, 0.25) is 0 Å². The molecule has 0 aromatic heterocycles. The maximum absolute atomic E-state index is 9.09. The minimum absolute atomic E-state index is 0.248. The van der Waals surface area contributed by atoms with Crippen LogP contribution in [-0.2, 0) is 0 Å². The van der Waals surface area contributed by atoms with Crippen LogP contribution in [0.25, 0.3) is 0 Å². The molecule has 0 fully saturated rings. The van der Waals surface area contributed by atoms with E-state index < -0.39 is 6.10 Å². The first-order chi connectivity index (χ1) is 6.76. The van der Waals surface area contributed by atoms with Gasteiger partial charge in [0, 0.05) is 17.8 Å². The Bertz CT molecular complexity index is 330. The third-order valence-electron chi connectivity index (χ3n) is 1.78. The summed E-state index contributed by atoms with van der Waals surface area (Å²) in [7, 11) is 0. The molecule has 0 aliphatic rings. The normalized spacial score (nSPS) is 11.8. The van der Waals surface area contributed by atoms with Crippen molar-refractivity contribution in [3.05, 3.63) is 29.8 Å². The van der Waals surface area contributed by atoms with Crippen LogP contribution in [-0.4, -0.2) is 29.5 Å². The number of rotatable bonds is 4. The van der Waals surface area contributed by atoms with Gasteiger partial charge in [-0.2, -0.15) is 0 Å². The summed E-state index contributed by atoms with van der Waals surface area (Å²) in [5.41, 5.74) is 1.63. The highest BCUT2D eigenvalue weighted by molar-refractivity contribution is 5.49. The Balaban J connectivity index is 2.55. The molecule has 0 spiro atoms. The standard InChI is InChI=1S/C11H13NO2/c1-2-9-4-3-5-10(6-9)12-7-11(14)8-13/h1,3-6,11-14H,7-8H2/t11-/m0/s1. The van der Waals surface area contributed by atoms with E-state index in [9.17, 15) is 0 Å². The smallest absolute Gasteiger partial charge is 0.0942 e. The van der Waals surface area contributed by atoms with Crippen molar-refractivity contribution in [2.75, 3.05) is 18.5 Å². The molecular weight excluding hydrogens is 178 g/mol. The average molecular weight is 191 g/mol. The van der Waals surface area contributed by atoms with Crippen LogP contribution in [0.15, 0.2) is 24.3 Å². The summed E-state index contributed by atoms with van der Waals surface area (Å²) < 4.78 is 0. The van der Waals surface area contributed by atoms with Crippen molar-refractivity contribution >= 4 is 5.69 Å². The van der Waals surface area contributed by atoms with E-state index in [-0.39, 0.29) is 6.61 Å². The fourth-order valence-corrected chi connectivity index (χ4v) is 1.02. The first-order valence-corrected chi connectivity index (χ1v) is 4.35. The Morgan fingerprint density at radius 3 is 2.93 bits per heavy atom. The zero-order valence-electron chi connectivity index (χ0n) is 7.77. The molecule has 0 saturated heterocycles. The fourth-order valence-electron chi connectivity index (χ4n) is 1.02. The number of aliphatic hydroxyl groups excluding tert-OH is 2. The van der Waals surface area contributed by atoms with Crippen LogP contribution in [0.5, 0.6) is 0 Å². The van der Waals surface area contributed by atoms with Crippen LogP contribution in [0.2, 0.25) is 0 Å². The first kappa shape index (κ1) is 10.6. The summed E-state index contributed by atoms with van der Waals surface area (Å²) in [6.45, 7) is 0.0619. The van der Waals surface area contributed by atoms with Crippen molar-refractivity contribution in [3.63, 3.8) is 0 Å². The summed E-state index contributed by atoms with van der Waals surface area (Å²) in [5.74, 6) is 2.52. The van der Waals surface area contributed by atoms with Gasteiger partial charge in [0.25, 0.3) is 0 Å². The lowest BCUT2D eigenvalue weighted by atomic mass is 10.2. The van der Waals surface area contributed by atoms with Gasteiger partial charge in [0.15, 0.2) is 0 Å². The van der Waals surface area contributed by atoms with Crippen LogP contribution in [0, 0.1) is 12.3 Å². The molecule has 1 aromatic rings. The monoisotopic (exact) mass is 191 g/mol. The number of anilines is 1. The number of terminal acetylenes is 1. The molecule has 1 atom stereocenters. The molecule has 1 aromatic carbocycles. The van der Waals surface area contributed by atoms with Crippen LogP contribution >= 0.6 is 0 Å². The minimum Gasteiger partial charge on any atom is -0.394 e. The van der Waals surface area contributed by atoms with Crippen molar-refractivity contribution in [2.24, 2.45) is 0 Å². The zero-order valence-corrected chi connectivity index (χ0v) is 7.77. The Morgan fingerprint density at radius 1 is 1.50 bits per heavy atom. The average Bonchev–Trinajstić information content (AvgIpc) is 2.26. The molecule has 0 aliphatic carbocycles. The number of benzene rings is 1. The number of nitrogens with one attached hydrogen (secondary N) is 1. The van der Waals surface area contributed by atoms with E-state index in [2.05, 4.69) is 11.2 Å². The van der Waals surface area contributed by atoms with E-state index in [0.717, 1.165) is 11.3 Å². The van der Waals surface area contributed by atoms with Gasteiger partial charge >= 0.3 is 0 Å². The summed E-state index contributed by atoms with van der Waals surface area (Å²) in [5, 5.41) is 20.6. The second-order valence-corrected chi connectivity index (χ2v) is 2.94. The highest BCUT2D eigenvalue weighted by atomic mass is 16.3. The molecule has 0 unspecified atom stereocenters. The van der Waals surface area contributed by atoms with E-state index in [4.69, 9.17) is 16.6 Å². The molecule has 0 amide bonds. The minimum atomic E-state index is -0.746. The van der Waals surface area contributed by atoms with Crippen molar-refractivity contribution < 1.29 is 10.2 Å². The first-order valence-electron chi connectivity index (χ1n) is 4.35. The molecule has 0 radical (unpaired) electrons. The Morgan fingerprint density at radius 2 is 2.29 bits per heavy atom. The Kier molecular flexibility index (Phi) is 3.99. The van der Waals surface area contributed by atoms with Crippen LogP contribution in [0.4, 0.5) is 5.69 Å². The van der Waals surface area contributed by atoms with E-state index in [1.54, 1.807) is 0 Å². The topological polar surface area (TPSA) is 52.5 Å². The van der Waals surface area contributed by atoms with E-state index >= 15 is 0 Å². The summed E-state index contributed by atoms with van der Waals surface area (Å²) in [6.07, 6.45) is 4.49. The second-order valence-electron chi connectivity index (χ2n) is 2.94. The van der Waals surface area contributed by atoms with Crippen molar-refractivity contribution in [2.45, 2.75) is 6.10 Å². The molecule has 3 N–H and O–H groups in total. The van der Waals surface area contributed by atoms with Crippen molar-refractivity contribution in [3.8, 4) is 12.3 Å². The quantitative estimate of drug-likeness (QED) is 0.605. The van der Waals surface area contributed by atoms with E-state index in [1.165, 1.54) is 0 Å². The predicted molar refractivity (Wildman–Crippen MR) is 56.0 cm³/mol. The third-order valence-corrected chi connectivity index (χ3v) is 1.78. The Labute approximate surface area is 83.4 Å². The van der Waals surface area contributed by atoms with Gasteiger partial charge in [-0.15, -0.1) is 6.42 Å². The van der Waals surface area contributed by atoms with Gasteiger partial charge < -0.3 is 15.5 Å². The molecule has 1 rings (SSSR count). The Hall–Kier alpha value is -1.50. The van der Waals surface area contributed by atoms with Gasteiger partial charge in [0.1, 0.15) is 0 Å². The highest BCUT2D eigenvalue weighted by Crippen LogP contribution is 2.09. The number of hydrogen-bond acceptors (Lipinski definition) is 3. The van der Waals surface area contributed by atoms with Crippen molar-refractivity contribution in [1.82, 2.24) is 0 Å². The van der Waals surface area contributed by atoms with Crippen molar-refractivity contribution in [1.29, 1.82) is 0 Å². The second kappa shape index (κ2) is 5.28. The number of aliphatic hydroxyl groups is 2.